The lowest BCUT2D eigenvalue weighted by Crippen LogP contribution is -1.97. The third-order valence-corrected chi connectivity index (χ3v) is 8.87. The molecular formula is C38H32F3NOS. The van der Waals surface area contributed by atoms with E-state index in [0.29, 0.717) is 5.56 Å². The molecule has 0 unspecified atom stereocenters. The zero-order valence-corrected chi connectivity index (χ0v) is 25.8. The van der Waals surface area contributed by atoms with Crippen LogP contribution in [-0.2, 0) is 0 Å². The number of rotatable bonds is 9. The Hall–Kier alpha value is -4.55. The van der Waals surface area contributed by atoms with Crippen molar-refractivity contribution in [2.24, 2.45) is 0 Å². The first kappa shape index (κ1) is 30.9. The van der Waals surface area contributed by atoms with Crippen molar-refractivity contribution in [2.75, 3.05) is 0 Å². The fourth-order valence-corrected chi connectivity index (χ4v) is 6.51. The third kappa shape index (κ3) is 5.95. The second-order valence-corrected chi connectivity index (χ2v) is 11.7. The van der Waals surface area contributed by atoms with E-state index in [9.17, 15) is 18.0 Å². The molecule has 0 aliphatic heterocycles. The Morgan fingerprint density at radius 2 is 1.66 bits per heavy atom. The molecule has 0 aliphatic rings. The highest BCUT2D eigenvalue weighted by atomic mass is 32.2. The smallest absolute Gasteiger partial charge is 0.263 e. The van der Waals surface area contributed by atoms with E-state index in [0.717, 1.165) is 72.3 Å². The largest absolute Gasteiger partial charge is 0.298 e. The lowest BCUT2D eigenvalue weighted by atomic mass is 9.89. The van der Waals surface area contributed by atoms with Gasteiger partial charge in [-0.3, -0.25) is 8.77 Å². The SMILES string of the molecule is C=C/C(C)=C(\C(C)=C/C)c1c(-c2cccc(-c3ccc(C=O)cc3C)c2)n(Sc2ccc(C(F)F)cc2)c2ccc(F)cc12. The summed E-state index contributed by atoms with van der Waals surface area (Å²) in [5.74, 6) is -0.359. The summed E-state index contributed by atoms with van der Waals surface area (Å²) >= 11 is 1.39. The zero-order valence-electron chi connectivity index (χ0n) is 25.0. The molecule has 5 aromatic rings. The minimum atomic E-state index is -2.56. The van der Waals surface area contributed by atoms with Crippen molar-refractivity contribution in [3.05, 3.63) is 143 Å². The Bertz CT molecular complexity index is 1950. The molecule has 44 heavy (non-hydrogen) atoms. The number of halogens is 3. The van der Waals surface area contributed by atoms with Gasteiger partial charge in [0.2, 0.25) is 0 Å². The lowest BCUT2D eigenvalue weighted by Gasteiger charge is -2.17. The fraction of sp³-hybridized carbons (Fsp3) is 0.132. The Morgan fingerprint density at radius 3 is 2.30 bits per heavy atom. The van der Waals surface area contributed by atoms with Crippen molar-refractivity contribution in [2.45, 2.75) is 39.0 Å². The van der Waals surface area contributed by atoms with Crippen LogP contribution >= 0.6 is 11.9 Å². The van der Waals surface area contributed by atoms with Crippen LogP contribution in [0.2, 0.25) is 0 Å². The average Bonchev–Trinajstić information content (AvgIpc) is 3.33. The Balaban J connectivity index is 1.86. The normalized spacial score (nSPS) is 12.5. The molecule has 0 saturated heterocycles. The quantitative estimate of drug-likeness (QED) is 0.123. The van der Waals surface area contributed by atoms with E-state index in [2.05, 4.69) is 16.6 Å². The fourth-order valence-electron chi connectivity index (χ4n) is 5.49. The average molecular weight is 608 g/mol. The van der Waals surface area contributed by atoms with Crippen molar-refractivity contribution >= 4 is 34.7 Å². The summed E-state index contributed by atoms with van der Waals surface area (Å²) in [5, 5.41) is 0.728. The molecular weight excluding hydrogens is 575 g/mol. The van der Waals surface area contributed by atoms with Gasteiger partial charge in [-0.15, -0.1) is 0 Å². The predicted molar refractivity (Wildman–Crippen MR) is 178 cm³/mol. The number of benzene rings is 4. The second kappa shape index (κ2) is 13.0. The van der Waals surface area contributed by atoms with Gasteiger partial charge >= 0.3 is 0 Å². The van der Waals surface area contributed by atoms with Crippen molar-refractivity contribution in [1.29, 1.82) is 0 Å². The van der Waals surface area contributed by atoms with Gasteiger partial charge in [0.15, 0.2) is 0 Å². The minimum absolute atomic E-state index is 0.0473. The molecule has 0 spiro atoms. The highest BCUT2D eigenvalue weighted by Crippen LogP contribution is 2.46. The van der Waals surface area contributed by atoms with Gasteiger partial charge in [0.05, 0.1) is 11.2 Å². The number of nitrogens with zero attached hydrogens (tertiary/aromatic N) is 1. The van der Waals surface area contributed by atoms with Crippen molar-refractivity contribution < 1.29 is 18.0 Å². The number of carbonyl (C=O) groups excluding carboxylic acids is 1. The number of aryl methyl sites for hydroxylation is 1. The maximum Gasteiger partial charge on any atom is 0.263 e. The number of fused-ring (bicyclic) bond motifs is 1. The van der Waals surface area contributed by atoms with E-state index >= 15 is 0 Å². The number of aldehydes is 1. The van der Waals surface area contributed by atoms with Crippen molar-refractivity contribution in [3.8, 4) is 22.4 Å². The lowest BCUT2D eigenvalue weighted by molar-refractivity contribution is 0.112. The number of carbonyl (C=O) groups is 1. The molecule has 4 aromatic carbocycles. The van der Waals surface area contributed by atoms with Gasteiger partial charge in [-0.1, -0.05) is 61.2 Å². The van der Waals surface area contributed by atoms with E-state index in [1.54, 1.807) is 36.4 Å². The third-order valence-electron chi connectivity index (χ3n) is 7.83. The number of allylic oxidation sites excluding steroid dienone is 5. The molecule has 0 atom stereocenters. The molecule has 6 heteroatoms. The molecule has 0 radical (unpaired) electrons. The first-order valence-corrected chi connectivity index (χ1v) is 15.0. The highest BCUT2D eigenvalue weighted by molar-refractivity contribution is 7.98. The van der Waals surface area contributed by atoms with Gasteiger partial charge in [-0.25, -0.2) is 13.2 Å². The first-order valence-electron chi connectivity index (χ1n) is 14.2. The molecule has 1 heterocycles. The summed E-state index contributed by atoms with van der Waals surface area (Å²) in [5.41, 5.74) is 9.75. The van der Waals surface area contributed by atoms with E-state index in [4.69, 9.17) is 0 Å². The molecule has 0 aliphatic carbocycles. The molecule has 2 nitrogen and oxygen atoms in total. The van der Waals surface area contributed by atoms with E-state index in [1.165, 1.54) is 30.1 Å². The predicted octanol–water partition coefficient (Wildman–Crippen LogP) is 11.7. The molecule has 0 bridgehead atoms. The molecule has 0 fully saturated rings. The second-order valence-electron chi connectivity index (χ2n) is 10.6. The van der Waals surface area contributed by atoms with Gasteiger partial charge in [-0.2, -0.15) is 0 Å². The minimum Gasteiger partial charge on any atom is -0.298 e. The maximum atomic E-state index is 15.0. The Kier molecular flexibility index (Phi) is 9.12. The van der Waals surface area contributed by atoms with Crippen LogP contribution in [0.1, 0.15) is 54.2 Å². The summed E-state index contributed by atoms with van der Waals surface area (Å²) in [7, 11) is 0. The molecule has 0 saturated carbocycles. The van der Waals surface area contributed by atoms with Crippen LogP contribution in [0, 0.1) is 12.7 Å². The van der Waals surface area contributed by atoms with Crippen LogP contribution in [0.25, 0.3) is 38.9 Å². The first-order chi connectivity index (χ1) is 21.2. The molecule has 0 N–H and O–H groups in total. The van der Waals surface area contributed by atoms with Crippen LogP contribution in [-0.4, -0.2) is 10.3 Å². The Labute approximate surface area is 260 Å². The Morgan fingerprint density at radius 1 is 0.932 bits per heavy atom. The molecule has 222 valence electrons. The summed E-state index contributed by atoms with van der Waals surface area (Å²) in [6.45, 7) is 12.0. The van der Waals surface area contributed by atoms with Gasteiger partial charge in [0.1, 0.15) is 12.1 Å². The summed E-state index contributed by atoms with van der Waals surface area (Å²) in [6.07, 6.45) is 2.11. The summed E-state index contributed by atoms with van der Waals surface area (Å²) in [6, 6.07) is 24.7. The van der Waals surface area contributed by atoms with Gasteiger partial charge in [-0.05, 0) is 116 Å². The van der Waals surface area contributed by atoms with Crippen LogP contribution in [0.15, 0.2) is 120 Å². The highest BCUT2D eigenvalue weighted by Gasteiger charge is 2.25. The zero-order chi connectivity index (χ0) is 31.5. The van der Waals surface area contributed by atoms with Gasteiger partial charge < -0.3 is 0 Å². The van der Waals surface area contributed by atoms with Crippen LogP contribution in [0.5, 0.6) is 0 Å². The maximum absolute atomic E-state index is 15.0. The summed E-state index contributed by atoms with van der Waals surface area (Å²) in [4.78, 5) is 12.1. The number of hydrogen-bond acceptors (Lipinski definition) is 2. The number of hydrogen-bond donors (Lipinski definition) is 0. The molecule has 0 amide bonds. The van der Waals surface area contributed by atoms with E-state index in [-0.39, 0.29) is 11.4 Å². The number of alkyl halides is 2. The van der Waals surface area contributed by atoms with Crippen LogP contribution in [0.3, 0.4) is 0 Å². The molecule has 1 aromatic heterocycles. The van der Waals surface area contributed by atoms with Crippen molar-refractivity contribution in [3.63, 3.8) is 0 Å². The van der Waals surface area contributed by atoms with Crippen molar-refractivity contribution in [1.82, 2.24) is 3.97 Å². The van der Waals surface area contributed by atoms with E-state index < -0.39 is 6.43 Å². The van der Waals surface area contributed by atoms with Crippen LogP contribution in [0.4, 0.5) is 13.2 Å². The summed E-state index contributed by atoms with van der Waals surface area (Å²) < 4.78 is 43.7. The van der Waals surface area contributed by atoms with Gasteiger partial charge in [0.25, 0.3) is 6.43 Å². The molecule has 5 rings (SSSR count). The standard InChI is InChI=1S/C38H32F3NOS/c1-6-23(3)35(24(4)7-2)36-33-21-30(39)14-18-34(33)42(44-31-15-12-27(13-16-31)38(40)41)37(36)29-10-8-9-28(20-29)32-17-11-26(22-43)19-25(32)5/h6-22,38H,1H2,2-5H3/b24-7-,35-23+. The van der Waals surface area contributed by atoms with E-state index in [1.807, 2.05) is 64.1 Å². The van der Waals surface area contributed by atoms with Crippen LogP contribution < -0.4 is 0 Å². The monoisotopic (exact) mass is 607 g/mol. The topological polar surface area (TPSA) is 22.0 Å². The number of aromatic nitrogens is 1. The van der Waals surface area contributed by atoms with Gasteiger partial charge in [0, 0.05) is 32.5 Å².